The van der Waals surface area contributed by atoms with Gasteiger partial charge in [0, 0.05) is 6.54 Å². The molecular weight excluding hydrogens is 265 g/mol. The Labute approximate surface area is 117 Å². The number of hydrogen-bond acceptors (Lipinski definition) is 2. The molecule has 0 heterocycles. The van der Waals surface area contributed by atoms with Crippen LogP contribution in [0.15, 0.2) is 48.5 Å². The van der Waals surface area contributed by atoms with Crippen molar-refractivity contribution in [3.8, 4) is 5.75 Å². The van der Waals surface area contributed by atoms with Crippen molar-refractivity contribution in [2.24, 2.45) is 0 Å². The van der Waals surface area contributed by atoms with Crippen molar-refractivity contribution < 1.29 is 9.13 Å². The lowest BCUT2D eigenvalue weighted by Gasteiger charge is -2.09. The molecule has 0 bridgehead atoms. The van der Waals surface area contributed by atoms with Crippen molar-refractivity contribution in [1.29, 1.82) is 0 Å². The van der Waals surface area contributed by atoms with Gasteiger partial charge in [0.25, 0.3) is 0 Å². The number of ether oxygens (including phenoxy) is 1. The van der Waals surface area contributed by atoms with Crippen LogP contribution < -0.4 is 10.1 Å². The van der Waals surface area contributed by atoms with Crippen molar-refractivity contribution in [1.82, 2.24) is 0 Å². The maximum absolute atomic E-state index is 12.8. The topological polar surface area (TPSA) is 21.3 Å². The fraction of sp³-hybridized carbons (Fsp3) is 0.200. The lowest BCUT2D eigenvalue weighted by atomic mass is 10.3. The highest BCUT2D eigenvalue weighted by molar-refractivity contribution is 6.33. The lowest BCUT2D eigenvalue weighted by molar-refractivity contribution is 0.315. The first-order chi connectivity index (χ1) is 9.25. The van der Waals surface area contributed by atoms with Gasteiger partial charge in [0.05, 0.1) is 17.3 Å². The van der Waals surface area contributed by atoms with E-state index in [0.29, 0.717) is 11.6 Å². The van der Waals surface area contributed by atoms with E-state index in [2.05, 4.69) is 5.32 Å². The fourth-order valence-corrected chi connectivity index (χ4v) is 1.87. The Morgan fingerprint density at radius 1 is 1.11 bits per heavy atom. The molecule has 0 spiro atoms. The first kappa shape index (κ1) is 13.7. The Balaban J connectivity index is 1.69. The van der Waals surface area contributed by atoms with Gasteiger partial charge in [0.1, 0.15) is 11.6 Å². The molecule has 1 N–H and O–H groups in total. The van der Waals surface area contributed by atoms with Gasteiger partial charge in [-0.2, -0.15) is 0 Å². The Kier molecular flexibility index (Phi) is 5.04. The quantitative estimate of drug-likeness (QED) is 0.793. The Morgan fingerprint density at radius 2 is 1.89 bits per heavy atom. The normalized spacial score (nSPS) is 10.2. The minimum absolute atomic E-state index is 0.331. The van der Waals surface area contributed by atoms with Crippen molar-refractivity contribution in [2.75, 3.05) is 18.5 Å². The summed E-state index contributed by atoms with van der Waals surface area (Å²) in [6, 6.07) is 14.0. The fourth-order valence-electron chi connectivity index (χ4n) is 1.63. The second-order valence-corrected chi connectivity index (χ2v) is 4.47. The van der Waals surface area contributed by atoms with Gasteiger partial charge >= 0.3 is 0 Å². The molecule has 0 saturated heterocycles. The van der Waals surface area contributed by atoms with Crippen molar-refractivity contribution in [3.63, 3.8) is 0 Å². The molecule has 0 fully saturated rings. The molecule has 0 unspecified atom stereocenters. The second kappa shape index (κ2) is 7.00. The number of benzene rings is 2. The number of halogens is 2. The van der Waals surface area contributed by atoms with Crippen LogP contribution in [0.5, 0.6) is 5.75 Å². The molecule has 4 heteroatoms. The van der Waals surface area contributed by atoms with E-state index in [-0.39, 0.29) is 5.82 Å². The average Bonchev–Trinajstić information content (AvgIpc) is 2.42. The van der Waals surface area contributed by atoms with Gasteiger partial charge in [-0.3, -0.25) is 0 Å². The molecule has 0 radical (unpaired) electrons. The Morgan fingerprint density at radius 3 is 2.63 bits per heavy atom. The van der Waals surface area contributed by atoms with Crippen molar-refractivity contribution >= 4 is 17.3 Å². The van der Waals surface area contributed by atoms with E-state index in [0.717, 1.165) is 24.4 Å². The molecule has 0 saturated carbocycles. The van der Waals surface area contributed by atoms with Crippen LogP contribution in [0.3, 0.4) is 0 Å². The van der Waals surface area contributed by atoms with E-state index < -0.39 is 0 Å². The molecule has 0 atom stereocenters. The average molecular weight is 280 g/mol. The van der Waals surface area contributed by atoms with Crippen LogP contribution in [-0.4, -0.2) is 13.2 Å². The summed E-state index contributed by atoms with van der Waals surface area (Å²) in [5.41, 5.74) is 0.739. The van der Waals surface area contributed by atoms with Crippen molar-refractivity contribution in [2.45, 2.75) is 6.42 Å². The van der Waals surface area contributed by atoms with Crippen LogP contribution in [0.2, 0.25) is 5.02 Å². The molecular formula is C15H15ClFNO. The molecule has 2 aromatic rings. The molecule has 0 aliphatic rings. The molecule has 0 aliphatic heterocycles. The highest BCUT2D eigenvalue weighted by atomic mass is 35.5. The summed E-state index contributed by atoms with van der Waals surface area (Å²) >= 11 is 5.90. The summed E-state index contributed by atoms with van der Waals surface area (Å²) in [6.45, 7) is 1.34. The molecule has 0 aliphatic carbocycles. The Hall–Kier alpha value is -1.74. The zero-order valence-corrected chi connectivity index (χ0v) is 11.2. The maximum Gasteiger partial charge on any atom is 0.124 e. The van der Waals surface area contributed by atoms with Gasteiger partial charge in [-0.15, -0.1) is 0 Å². The zero-order valence-electron chi connectivity index (χ0n) is 10.4. The first-order valence-electron chi connectivity index (χ1n) is 6.12. The summed E-state index contributed by atoms with van der Waals surface area (Å²) in [5, 5.41) is 3.54. The maximum atomic E-state index is 12.8. The van der Waals surface area contributed by atoms with E-state index >= 15 is 0 Å². The molecule has 2 rings (SSSR count). The van der Waals surface area contributed by atoms with E-state index in [9.17, 15) is 4.39 Å². The van der Waals surface area contributed by atoms with Crippen LogP contribution >= 0.6 is 11.6 Å². The van der Waals surface area contributed by atoms with E-state index in [1.807, 2.05) is 30.3 Å². The van der Waals surface area contributed by atoms with Gasteiger partial charge in [-0.1, -0.05) is 29.8 Å². The SMILES string of the molecule is Fc1ccc(NCCCOc2ccccc2)c(Cl)c1. The van der Waals surface area contributed by atoms with Gasteiger partial charge in [0.2, 0.25) is 0 Å². The number of anilines is 1. The van der Waals surface area contributed by atoms with Crippen LogP contribution in [-0.2, 0) is 0 Å². The smallest absolute Gasteiger partial charge is 0.124 e. The molecule has 2 aromatic carbocycles. The predicted molar refractivity (Wildman–Crippen MR) is 76.5 cm³/mol. The standard InChI is InChI=1S/C15H15ClFNO/c16-14-11-12(17)7-8-15(14)18-9-4-10-19-13-5-2-1-3-6-13/h1-3,5-8,11,18H,4,9-10H2. The molecule has 100 valence electrons. The third kappa shape index (κ3) is 4.45. The predicted octanol–water partition coefficient (Wildman–Crippen LogP) is 4.36. The van der Waals surface area contributed by atoms with E-state index in [4.69, 9.17) is 16.3 Å². The van der Waals surface area contributed by atoms with E-state index in [1.54, 1.807) is 6.07 Å². The molecule has 2 nitrogen and oxygen atoms in total. The third-order valence-electron chi connectivity index (χ3n) is 2.58. The largest absolute Gasteiger partial charge is 0.494 e. The minimum atomic E-state index is -0.331. The van der Waals surface area contributed by atoms with Gasteiger partial charge in [0.15, 0.2) is 0 Å². The number of nitrogens with one attached hydrogen (secondary N) is 1. The van der Waals surface area contributed by atoms with Crippen LogP contribution in [0.1, 0.15) is 6.42 Å². The van der Waals surface area contributed by atoms with E-state index in [1.165, 1.54) is 12.1 Å². The summed E-state index contributed by atoms with van der Waals surface area (Å²) in [7, 11) is 0. The zero-order chi connectivity index (χ0) is 13.5. The van der Waals surface area contributed by atoms with Gasteiger partial charge in [-0.25, -0.2) is 4.39 Å². The number of hydrogen-bond donors (Lipinski definition) is 1. The second-order valence-electron chi connectivity index (χ2n) is 4.07. The Bertz CT molecular complexity index is 519. The summed E-state index contributed by atoms with van der Waals surface area (Å²) in [5.74, 6) is 0.533. The van der Waals surface area contributed by atoms with Gasteiger partial charge in [-0.05, 0) is 36.8 Å². The first-order valence-corrected chi connectivity index (χ1v) is 6.50. The molecule has 0 amide bonds. The highest BCUT2D eigenvalue weighted by Crippen LogP contribution is 2.22. The van der Waals surface area contributed by atoms with Crippen molar-refractivity contribution in [3.05, 3.63) is 59.4 Å². The lowest BCUT2D eigenvalue weighted by Crippen LogP contribution is -2.07. The molecule has 19 heavy (non-hydrogen) atoms. The van der Waals surface area contributed by atoms with Crippen LogP contribution in [0, 0.1) is 5.82 Å². The summed E-state index contributed by atoms with van der Waals surface area (Å²) in [4.78, 5) is 0. The van der Waals surface area contributed by atoms with Crippen LogP contribution in [0.4, 0.5) is 10.1 Å². The minimum Gasteiger partial charge on any atom is -0.494 e. The highest BCUT2D eigenvalue weighted by Gasteiger charge is 2.00. The number of rotatable bonds is 6. The van der Waals surface area contributed by atoms with Crippen LogP contribution in [0.25, 0.3) is 0 Å². The number of para-hydroxylation sites is 1. The summed E-state index contributed by atoms with van der Waals surface area (Å²) in [6.07, 6.45) is 0.836. The molecule has 0 aromatic heterocycles. The summed E-state index contributed by atoms with van der Waals surface area (Å²) < 4.78 is 18.4. The monoisotopic (exact) mass is 279 g/mol. The van der Waals surface area contributed by atoms with Gasteiger partial charge < -0.3 is 10.1 Å². The third-order valence-corrected chi connectivity index (χ3v) is 2.89.